The third-order valence-corrected chi connectivity index (χ3v) is 3.69. The van der Waals surface area contributed by atoms with Crippen LogP contribution in [0.3, 0.4) is 0 Å². The molecule has 0 amide bonds. The molecule has 0 aliphatic heterocycles. The highest BCUT2D eigenvalue weighted by Crippen LogP contribution is 2.21. The van der Waals surface area contributed by atoms with E-state index in [1.807, 2.05) is 0 Å². The molecule has 2 aromatic carbocycles. The van der Waals surface area contributed by atoms with Crippen LogP contribution >= 0.6 is 11.6 Å². The van der Waals surface area contributed by atoms with E-state index in [1.54, 1.807) is 36.4 Å². The van der Waals surface area contributed by atoms with E-state index in [-0.39, 0.29) is 11.5 Å². The van der Waals surface area contributed by atoms with Crippen LogP contribution in [0.2, 0.25) is 5.02 Å². The number of hydrogen-bond acceptors (Lipinski definition) is 5. The maximum absolute atomic E-state index is 12.5. The number of halogens is 1. The third-order valence-electron chi connectivity index (χ3n) is 3.44. The standard InChI is InChI=1S/C17H11ClN4O3/c18-14-5-1-13(2-6-14)17(23)9-16(21-11-19-10-20-21)12-3-7-15(8-4-12)22(24)25/h1-11H. The number of carbonyl (C=O) groups is 1. The molecule has 0 aliphatic carbocycles. The molecule has 0 saturated carbocycles. The van der Waals surface area contributed by atoms with E-state index in [0.717, 1.165) is 0 Å². The van der Waals surface area contributed by atoms with Crippen molar-refractivity contribution >= 4 is 28.8 Å². The normalized spacial score (nSPS) is 11.3. The Hall–Kier alpha value is -3.32. The number of hydrogen-bond donors (Lipinski definition) is 0. The minimum Gasteiger partial charge on any atom is -0.289 e. The van der Waals surface area contributed by atoms with Crippen molar-refractivity contribution in [1.29, 1.82) is 0 Å². The SMILES string of the molecule is O=C(C=C(c1ccc([N+](=O)[O-])cc1)n1cncn1)c1ccc(Cl)cc1. The Kier molecular flexibility index (Phi) is 4.67. The van der Waals surface area contributed by atoms with E-state index in [1.165, 1.54) is 35.5 Å². The third kappa shape index (κ3) is 3.78. The van der Waals surface area contributed by atoms with Crippen molar-refractivity contribution in [3.63, 3.8) is 0 Å². The van der Waals surface area contributed by atoms with Gasteiger partial charge in [0.05, 0.1) is 10.6 Å². The summed E-state index contributed by atoms with van der Waals surface area (Å²) in [5.41, 5.74) is 1.47. The van der Waals surface area contributed by atoms with Crippen LogP contribution in [0.5, 0.6) is 0 Å². The molecule has 0 N–H and O–H groups in total. The van der Waals surface area contributed by atoms with Crippen LogP contribution in [0, 0.1) is 10.1 Å². The van der Waals surface area contributed by atoms with Crippen molar-refractivity contribution in [1.82, 2.24) is 14.8 Å². The predicted molar refractivity (Wildman–Crippen MR) is 92.3 cm³/mol. The van der Waals surface area contributed by atoms with Crippen LogP contribution in [-0.4, -0.2) is 25.5 Å². The van der Waals surface area contributed by atoms with Gasteiger partial charge in [0, 0.05) is 34.4 Å². The molecule has 7 nitrogen and oxygen atoms in total. The summed E-state index contributed by atoms with van der Waals surface area (Å²) in [4.78, 5) is 26.7. The molecule has 0 saturated heterocycles. The van der Waals surface area contributed by atoms with Crippen molar-refractivity contribution in [2.24, 2.45) is 0 Å². The topological polar surface area (TPSA) is 90.9 Å². The average Bonchev–Trinajstić information content (AvgIpc) is 3.14. The number of aromatic nitrogens is 3. The number of carbonyl (C=O) groups excluding carboxylic acids is 1. The first-order valence-electron chi connectivity index (χ1n) is 7.16. The Bertz CT molecular complexity index is 933. The molecule has 124 valence electrons. The van der Waals surface area contributed by atoms with E-state index < -0.39 is 4.92 Å². The zero-order valence-electron chi connectivity index (χ0n) is 12.7. The average molecular weight is 355 g/mol. The molecular weight excluding hydrogens is 344 g/mol. The van der Waals surface area contributed by atoms with Crippen molar-refractivity contribution in [2.45, 2.75) is 0 Å². The molecule has 3 rings (SSSR count). The van der Waals surface area contributed by atoms with Gasteiger partial charge in [0.1, 0.15) is 12.7 Å². The molecule has 0 atom stereocenters. The van der Waals surface area contributed by atoms with E-state index in [4.69, 9.17) is 11.6 Å². The van der Waals surface area contributed by atoms with Gasteiger partial charge in [0.25, 0.3) is 5.69 Å². The number of nitro groups is 1. The molecule has 25 heavy (non-hydrogen) atoms. The van der Waals surface area contributed by atoms with Crippen molar-refractivity contribution in [3.8, 4) is 0 Å². The molecule has 0 unspecified atom stereocenters. The molecule has 0 bridgehead atoms. The molecule has 0 radical (unpaired) electrons. The zero-order valence-corrected chi connectivity index (χ0v) is 13.5. The number of nitro benzene ring substituents is 1. The Balaban J connectivity index is 2.02. The van der Waals surface area contributed by atoms with Crippen LogP contribution < -0.4 is 0 Å². The van der Waals surface area contributed by atoms with Gasteiger partial charge in [-0.3, -0.25) is 14.9 Å². The largest absolute Gasteiger partial charge is 0.289 e. The van der Waals surface area contributed by atoms with Crippen molar-refractivity contribution in [2.75, 3.05) is 0 Å². The molecule has 0 spiro atoms. The molecule has 0 aliphatic rings. The Labute approximate surface area is 147 Å². The highest BCUT2D eigenvalue weighted by Gasteiger charge is 2.12. The fourth-order valence-corrected chi connectivity index (χ4v) is 2.32. The summed E-state index contributed by atoms with van der Waals surface area (Å²) in [6.45, 7) is 0. The van der Waals surface area contributed by atoms with E-state index in [9.17, 15) is 14.9 Å². The van der Waals surface area contributed by atoms with Gasteiger partial charge < -0.3 is 0 Å². The van der Waals surface area contributed by atoms with Gasteiger partial charge >= 0.3 is 0 Å². The second kappa shape index (κ2) is 7.06. The number of ketones is 1. The first-order valence-corrected chi connectivity index (χ1v) is 7.54. The lowest BCUT2D eigenvalue weighted by Gasteiger charge is -2.07. The summed E-state index contributed by atoms with van der Waals surface area (Å²) < 4.78 is 1.43. The van der Waals surface area contributed by atoms with Crippen LogP contribution in [0.1, 0.15) is 15.9 Å². The molecule has 8 heteroatoms. The molecule has 1 heterocycles. The maximum atomic E-state index is 12.5. The van der Waals surface area contributed by atoms with Gasteiger partial charge in [0.2, 0.25) is 0 Å². The second-order valence-corrected chi connectivity index (χ2v) is 5.48. The first kappa shape index (κ1) is 16.5. The van der Waals surface area contributed by atoms with E-state index in [2.05, 4.69) is 10.1 Å². The summed E-state index contributed by atoms with van der Waals surface area (Å²) in [7, 11) is 0. The monoisotopic (exact) mass is 354 g/mol. The van der Waals surface area contributed by atoms with Gasteiger partial charge in [-0.15, -0.1) is 0 Å². The maximum Gasteiger partial charge on any atom is 0.269 e. The van der Waals surface area contributed by atoms with Crippen LogP contribution in [0.25, 0.3) is 5.70 Å². The second-order valence-electron chi connectivity index (χ2n) is 5.04. The van der Waals surface area contributed by atoms with Crippen molar-refractivity contribution in [3.05, 3.63) is 93.5 Å². The summed E-state index contributed by atoms with van der Waals surface area (Å²) >= 11 is 5.84. The van der Waals surface area contributed by atoms with E-state index in [0.29, 0.717) is 21.8 Å². The minimum atomic E-state index is -0.485. The zero-order chi connectivity index (χ0) is 17.8. The molecular formula is C17H11ClN4O3. The quantitative estimate of drug-likeness (QED) is 0.302. The number of allylic oxidation sites excluding steroid dienone is 1. The minimum absolute atomic E-state index is 0.0364. The lowest BCUT2D eigenvalue weighted by molar-refractivity contribution is -0.384. The Morgan fingerprint density at radius 1 is 1.08 bits per heavy atom. The van der Waals surface area contributed by atoms with Gasteiger partial charge in [-0.05, 0) is 36.4 Å². The van der Waals surface area contributed by atoms with Gasteiger partial charge in [0.15, 0.2) is 5.78 Å². The number of rotatable bonds is 5. The van der Waals surface area contributed by atoms with Crippen LogP contribution in [0.4, 0.5) is 5.69 Å². The Morgan fingerprint density at radius 2 is 1.72 bits per heavy atom. The smallest absolute Gasteiger partial charge is 0.269 e. The molecule has 0 fully saturated rings. The number of nitrogens with zero attached hydrogens (tertiary/aromatic N) is 4. The summed E-state index contributed by atoms with van der Waals surface area (Å²) in [6.07, 6.45) is 4.19. The fraction of sp³-hybridized carbons (Fsp3) is 0. The van der Waals surface area contributed by atoms with Crippen molar-refractivity contribution < 1.29 is 9.72 Å². The number of benzene rings is 2. The van der Waals surface area contributed by atoms with E-state index >= 15 is 0 Å². The Morgan fingerprint density at radius 3 is 2.28 bits per heavy atom. The highest BCUT2D eigenvalue weighted by molar-refractivity contribution is 6.30. The number of non-ortho nitro benzene ring substituents is 1. The van der Waals surface area contributed by atoms with Crippen LogP contribution in [-0.2, 0) is 0 Å². The van der Waals surface area contributed by atoms with Gasteiger partial charge in [-0.2, -0.15) is 5.10 Å². The summed E-state index contributed by atoms with van der Waals surface area (Å²) in [6, 6.07) is 12.3. The fourth-order valence-electron chi connectivity index (χ4n) is 2.19. The lowest BCUT2D eigenvalue weighted by Crippen LogP contribution is -2.04. The van der Waals surface area contributed by atoms with Gasteiger partial charge in [-0.25, -0.2) is 9.67 Å². The van der Waals surface area contributed by atoms with Gasteiger partial charge in [-0.1, -0.05) is 11.6 Å². The predicted octanol–water partition coefficient (Wildman–Crippen LogP) is 3.61. The van der Waals surface area contributed by atoms with Crippen LogP contribution in [0.15, 0.2) is 67.3 Å². The summed E-state index contributed by atoms with van der Waals surface area (Å²) in [5.74, 6) is -0.250. The lowest BCUT2D eigenvalue weighted by atomic mass is 10.1. The molecule has 1 aromatic heterocycles. The molecule has 3 aromatic rings. The highest BCUT2D eigenvalue weighted by atomic mass is 35.5. The first-order chi connectivity index (χ1) is 12.0. The summed E-state index contributed by atoms with van der Waals surface area (Å²) in [5, 5.41) is 15.4.